The molecule has 0 radical (unpaired) electrons. The van der Waals surface area contributed by atoms with E-state index in [1.807, 2.05) is 0 Å². The molecule has 0 aliphatic rings. The Bertz CT molecular complexity index is 148. The van der Waals surface area contributed by atoms with Crippen molar-refractivity contribution >= 4 is 0 Å². The van der Waals surface area contributed by atoms with Crippen molar-refractivity contribution in [1.29, 1.82) is 0 Å². The molecule has 0 amide bonds. The third-order valence-electron chi connectivity index (χ3n) is 3.10. The summed E-state index contributed by atoms with van der Waals surface area (Å²) in [5, 5.41) is 17.1. The van der Waals surface area contributed by atoms with Gasteiger partial charge in [0.15, 0.2) is 0 Å². The van der Waals surface area contributed by atoms with Crippen LogP contribution in [0.25, 0.3) is 0 Å². The second-order valence-electron chi connectivity index (χ2n) is 5.06. The molecule has 0 fully saturated rings. The van der Waals surface area contributed by atoms with Crippen LogP contribution in [0, 0.1) is 0 Å². The molecule has 0 aliphatic heterocycles. The number of rotatable bonds is 17. The number of likely N-dealkylation sites (N-methyl/N-ethyl adjacent to an activating group) is 1. The molecular weight excluding hydrogens is 250 g/mol. The van der Waals surface area contributed by atoms with E-state index in [-0.39, 0.29) is 0 Å². The third kappa shape index (κ3) is 17.8. The normalized spacial score (nSPS) is 11.1. The van der Waals surface area contributed by atoms with Crippen molar-refractivity contribution in [2.45, 2.75) is 33.1 Å². The van der Waals surface area contributed by atoms with Gasteiger partial charge in [0.25, 0.3) is 0 Å². The molecule has 5 nitrogen and oxygen atoms in total. The summed E-state index contributed by atoms with van der Waals surface area (Å²) in [6, 6.07) is 0. The molecular formula is C15H37N5. The van der Waals surface area contributed by atoms with Gasteiger partial charge in [-0.2, -0.15) is 0 Å². The van der Waals surface area contributed by atoms with Crippen molar-refractivity contribution in [2.75, 3.05) is 65.4 Å². The number of hydrogen-bond acceptors (Lipinski definition) is 5. The minimum atomic E-state index is 1.06. The smallest absolute Gasteiger partial charge is 0.00772 e. The molecule has 0 aromatic heterocycles. The molecule has 122 valence electrons. The summed E-state index contributed by atoms with van der Waals surface area (Å²) in [7, 11) is 0. The first-order valence-corrected chi connectivity index (χ1v) is 8.45. The van der Waals surface area contributed by atoms with Crippen LogP contribution < -0.4 is 26.6 Å². The fourth-order valence-electron chi connectivity index (χ4n) is 1.85. The Morgan fingerprint density at radius 2 is 0.850 bits per heavy atom. The first kappa shape index (κ1) is 19.8. The Morgan fingerprint density at radius 1 is 0.450 bits per heavy atom. The first-order chi connectivity index (χ1) is 9.91. The Morgan fingerprint density at radius 3 is 1.30 bits per heavy atom. The van der Waals surface area contributed by atoms with E-state index >= 15 is 0 Å². The molecule has 0 spiro atoms. The van der Waals surface area contributed by atoms with Gasteiger partial charge in [-0.3, -0.25) is 0 Å². The molecule has 0 heterocycles. The van der Waals surface area contributed by atoms with Crippen molar-refractivity contribution in [3.63, 3.8) is 0 Å². The summed E-state index contributed by atoms with van der Waals surface area (Å²) in [6.07, 6.45) is 3.75. The van der Waals surface area contributed by atoms with E-state index in [1.54, 1.807) is 0 Å². The Balaban J connectivity index is 2.89. The molecule has 0 saturated carbocycles. The second kappa shape index (κ2) is 18.8. The largest absolute Gasteiger partial charge is 0.316 e. The quantitative estimate of drug-likeness (QED) is 0.247. The van der Waals surface area contributed by atoms with Crippen molar-refractivity contribution in [3.8, 4) is 0 Å². The van der Waals surface area contributed by atoms with Crippen LogP contribution in [-0.2, 0) is 0 Å². The van der Waals surface area contributed by atoms with E-state index in [1.165, 1.54) is 19.3 Å². The molecule has 0 aliphatic carbocycles. The highest BCUT2D eigenvalue weighted by atomic mass is 15.0. The topological polar surface area (TPSA) is 60.1 Å². The fraction of sp³-hybridized carbons (Fsp3) is 1.00. The molecule has 0 unspecified atom stereocenters. The maximum Gasteiger partial charge on any atom is 0.00772 e. The summed E-state index contributed by atoms with van der Waals surface area (Å²) in [6.45, 7) is 15.2. The summed E-state index contributed by atoms with van der Waals surface area (Å²) >= 11 is 0. The predicted molar refractivity (Wildman–Crippen MR) is 89.5 cm³/mol. The van der Waals surface area contributed by atoms with Gasteiger partial charge in [-0.25, -0.2) is 0 Å². The van der Waals surface area contributed by atoms with Crippen molar-refractivity contribution in [1.82, 2.24) is 26.6 Å². The van der Waals surface area contributed by atoms with Gasteiger partial charge in [0.1, 0.15) is 0 Å². The van der Waals surface area contributed by atoms with Gasteiger partial charge in [-0.1, -0.05) is 20.3 Å². The van der Waals surface area contributed by atoms with Crippen LogP contribution in [0.4, 0.5) is 0 Å². The van der Waals surface area contributed by atoms with Gasteiger partial charge in [0.2, 0.25) is 0 Å². The van der Waals surface area contributed by atoms with E-state index in [2.05, 4.69) is 40.4 Å². The highest BCUT2D eigenvalue weighted by Gasteiger charge is 1.90. The summed E-state index contributed by atoms with van der Waals surface area (Å²) < 4.78 is 0. The van der Waals surface area contributed by atoms with Crippen LogP contribution in [0.15, 0.2) is 0 Å². The lowest BCUT2D eigenvalue weighted by Crippen LogP contribution is -2.34. The van der Waals surface area contributed by atoms with Crippen LogP contribution >= 0.6 is 0 Å². The average molecular weight is 287 g/mol. The van der Waals surface area contributed by atoms with E-state index in [4.69, 9.17) is 0 Å². The minimum Gasteiger partial charge on any atom is -0.316 e. The van der Waals surface area contributed by atoms with Gasteiger partial charge in [0.05, 0.1) is 0 Å². The van der Waals surface area contributed by atoms with E-state index in [0.29, 0.717) is 0 Å². The van der Waals surface area contributed by atoms with E-state index in [9.17, 15) is 0 Å². The van der Waals surface area contributed by atoms with Gasteiger partial charge >= 0.3 is 0 Å². The minimum absolute atomic E-state index is 1.06. The Kier molecular flexibility index (Phi) is 18.6. The predicted octanol–water partition coefficient (Wildman–Crippen LogP) is 0.145. The van der Waals surface area contributed by atoms with Gasteiger partial charge in [0, 0.05) is 39.3 Å². The van der Waals surface area contributed by atoms with Crippen molar-refractivity contribution in [3.05, 3.63) is 0 Å². The monoisotopic (exact) mass is 287 g/mol. The SMILES string of the molecule is CCCCNCCNCCNCCCNCCNCC. The van der Waals surface area contributed by atoms with Crippen LogP contribution in [-0.4, -0.2) is 65.4 Å². The highest BCUT2D eigenvalue weighted by molar-refractivity contribution is 4.56. The molecule has 0 aromatic carbocycles. The molecule has 20 heavy (non-hydrogen) atoms. The van der Waals surface area contributed by atoms with Crippen LogP contribution in [0.3, 0.4) is 0 Å². The lowest BCUT2D eigenvalue weighted by atomic mass is 10.3. The molecule has 0 atom stereocenters. The lowest BCUT2D eigenvalue weighted by Gasteiger charge is -2.08. The van der Waals surface area contributed by atoms with E-state index < -0.39 is 0 Å². The summed E-state index contributed by atoms with van der Waals surface area (Å²) in [5.74, 6) is 0. The Labute approximate surface area is 126 Å². The molecule has 0 bridgehead atoms. The third-order valence-corrected chi connectivity index (χ3v) is 3.10. The molecule has 0 aromatic rings. The first-order valence-electron chi connectivity index (χ1n) is 8.45. The zero-order valence-electron chi connectivity index (χ0n) is 13.7. The molecule has 5 N–H and O–H groups in total. The maximum atomic E-state index is 3.46. The maximum absolute atomic E-state index is 3.46. The van der Waals surface area contributed by atoms with Crippen molar-refractivity contribution < 1.29 is 0 Å². The van der Waals surface area contributed by atoms with Crippen LogP contribution in [0.2, 0.25) is 0 Å². The standard InChI is InChI=1S/C15H37N5/c1-3-5-7-17-12-14-20-15-13-19-9-6-8-18-11-10-16-4-2/h16-20H,3-15H2,1-2H3. The number of nitrogens with one attached hydrogen (secondary N) is 5. The summed E-state index contributed by atoms with van der Waals surface area (Å²) in [5.41, 5.74) is 0. The Hall–Kier alpha value is -0.200. The van der Waals surface area contributed by atoms with E-state index in [0.717, 1.165) is 65.4 Å². The zero-order valence-corrected chi connectivity index (χ0v) is 13.7. The van der Waals surface area contributed by atoms with Gasteiger partial charge in [-0.05, 0) is 39.0 Å². The lowest BCUT2D eigenvalue weighted by molar-refractivity contribution is 0.552. The van der Waals surface area contributed by atoms with Crippen molar-refractivity contribution in [2.24, 2.45) is 0 Å². The number of hydrogen-bond donors (Lipinski definition) is 5. The fourth-order valence-corrected chi connectivity index (χ4v) is 1.85. The zero-order chi connectivity index (χ0) is 14.7. The number of unbranched alkanes of at least 4 members (excludes halogenated alkanes) is 1. The van der Waals surface area contributed by atoms with Crippen LogP contribution in [0.5, 0.6) is 0 Å². The van der Waals surface area contributed by atoms with Crippen LogP contribution in [0.1, 0.15) is 33.1 Å². The second-order valence-corrected chi connectivity index (χ2v) is 5.06. The average Bonchev–Trinajstić information content (AvgIpc) is 2.47. The highest BCUT2D eigenvalue weighted by Crippen LogP contribution is 1.80. The summed E-state index contributed by atoms with van der Waals surface area (Å²) in [4.78, 5) is 0. The van der Waals surface area contributed by atoms with Gasteiger partial charge in [-0.15, -0.1) is 0 Å². The molecule has 5 heteroatoms. The molecule has 0 saturated heterocycles. The molecule has 0 rings (SSSR count). The van der Waals surface area contributed by atoms with Gasteiger partial charge < -0.3 is 26.6 Å².